The Morgan fingerprint density at radius 3 is 3.04 bits per heavy atom. The molecule has 2 aromatic heterocycles. The lowest BCUT2D eigenvalue weighted by Gasteiger charge is -2.31. The largest absolute Gasteiger partial charge is 0.460 e. The fourth-order valence-electron chi connectivity index (χ4n) is 2.77. The number of rotatable bonds is 3. The number of hydrogen-bond acceptors (Lipinski definition) is 7. The summed E-state index contributed by atoms with van der Waals surface area (Å²) in [7, 11) is 1.35. The molecule has 3 rings (SSSR count). The van der Waals surface area contributed by atoms with Gasteiger partial charge in [0.15, 0.2) is 0 Å². The monoisotopic (exact) mass is 345 g/mol. The highest BCUT2D eigenvalue weighted by Gasteiger charge is 2.26. The maximum Gasteiger partial charge on any atom is 0.409 e. The second-order valence-corrected chi connectivity index (χ2v) is 5.79. The summed E-state index contributed by atoms with van der Waals surface area (Å²) >= 11 is 0. The fraction of sp³-hybridized carbons (Fsp3) is 0.438. The number of carbonyl (C=O) groups excluding carboxylic acids is 1. The van der Waals surface area contributed by atoms with Crippen molar-refractivity contribution in [3.05, 3.63) is 34.5 Å². The van der Waals surface area contributed by atoms with Gasteiger partial charge in [0.1, 0.15) is 18.1 Å². The number of carbonyl (C=O) groups is 1. The molecule has 0 aromatic carbocycles. The van der Waals surface area contributed by atoms with Crippen LogP contribution in [0.3, 0.4) is 0 Å². The average Bonchev–Trinajstić information content (AvgIpc) is 2.61. The van der Waals surface area contributed by atoms with Gasteiger partial charge in [-0.2, -0.15) is 4.98 Å². The summed E-state index contributed by atoms with van der Waals surface area (Å²) in [6, 6.07) is 1.47. The zero-order valence-corrected chi connectivity index (χ0v) is 14.1. The summed E-state index contributed by atoms with van der Waals surface area (Å²) in [6.45, 7) is 2.85. The van der Waals surface area contributed by atoms with Gasteiger partial charge < -0.3 is 14.4 Å². The molecule has 25 heavy (non-hydrogen) atoms. The van der Waals surface area contributed by atoms with Gasteiger partial charge in [-0.05, 0) is 25.3 Å². The van der Waals surface area contributed by atoms with Crippen molar-refractivity contribution in [1.29, 1.82) is 0 Å². The number of likely N-dealkylation sites (tertiary alicyclic amines) is 1. The average molecular weight is 345 g/mol. The predicted molar refractivity (Wildman–Crippen MR) is 88.2 cm³/mol. The Labute approximate surface area is 144 Å². The minimum Gasteiger partial charge on any atom is -0.460 e. The van der Waals surface area contributed by atoms with Crippen LogP contribution in [0.15, 0.2) is 23.4 Å². The van der Waals surface area contributed by atoms with Crippen LogP contribution in [0.1, 0.15) is 18.4 Å². The smallest absolute Gasteiger partial charge is 0.409 e. The topological polar surface area (TPSA) is 110 Å². The molecule has 0 aliphatic carbocycles. The molecule has 0 saturated carbocycles. The molecule has 0 radical (unpaired) electrons. The molecule has 1 amide bonds. The number of ether oxygens (including phenoxy) is 2. The number of aromatic amines is 1. The van der Waals surface area contributed by atoms with Crippen molar-refractivity contribution in [2.45, 2.75) is 25.9 Å². The standard InChI is InChI=1S/C16H19N5O4/c1-10-7-17-9-18-14(10)12-6-13(22)20-15(19-12)25-11-4-3-5-21(8-11)16(23)24-2/h6-7,9,11H,3-5,8H2,1-2H3,(H,19,20,22). The predicted octanol–water partition coefficient (Wildman–Crippen LogP) is 1.14. The van der Waals surface area contributed by atoms with Crippen LogP contribution in [0.5, 0.6) is 6.01 Å². The van der Waals surface area contributed by atoms with Crippen LogP contribution < -0.4 is 10.3 Å². The van der Waals surface area contributed by atoms with E-state index in [0.29, 0.717) is 24.5 Å². The van der Waals surface area contributed by atoms with Gasteiger partial charge in [-0.25, -0.2) is 14.8 Å². The molecule has 1 atom stereocenters. The molecule has 0 bridgehead atoms. The normalized spacial score (nSPS) is 17.2. The van der Waals surface area contributed by atoms with Crippen LogP contribution in [0, 0.1) is 6.92 Å². The Morgan fingerprint density at radius 1 is 1.44 bits per heavy atom. The summed E-state index contributed by atoms with van der Waals surface area (Å²) < 4.78 is 10.5. The fourth-order valence-corrected chi connectivity index (χ4v) is 2.77. The first-order valence-corrected chi connectivity index (χ1v) is 7.94. The van der Waals surface area contributed by atoms with Crippen molar-refractivity contribution >= 4 is 6.09 Å². The Bertz CT molecular complexity index is 822. The SMILES string of the molecule is COC(=O)N1CCCC(Oc2nc(-c3ncncc3C)cc(=O)[nH]2)C1. The molecule has 1 unspecified atom stereocenters. The minimum absolute atomic E-state index is 0.109. The number of aryl methyl sites for hydroxylation is 1. The highest BCUT2D eigenvalue weighted by atomic mass is 16.5. The number of aromatic nitrogens is 4. The van der Waals surface area contributed by atoms with Gasteiger partial charge in [-0.1, -0.05) is 0 Å². The molecule has 0 spiro atoms. The zero-order valence-electron chi connectivity index (χ0n) is 14.1. The van der Waals surface area contributed by atoms with Crippen LogP contribution in [-0.4, -0.2) is 57.2 Å². The van der Waals surface area contributed by atoms with Crippen molar-refractivity contribution < 1.29 is 14.3 Å². The molecule has 2 aromatic rings. The van der Waals surface area contributed by atoms with E-state index in [1.807, 2.05) is 6.92 Å². The van der Waals surface area contributed by atoms with Gasteiger partial charge in [-0.3, -0.25) is 9.78 Å². The van der Waals surface area contributed by atoms with Crippen LogP contribution >= 0.6 is 0 Å². The molecule has 9 heteroatoms. The number of H-pyrrole nitrogens is 1. The van der Waals surface area contributed by atoms with Gasteiger partial charge in [0.05, 0.1) is 19.3 Å². The van der Waals surface area contributed by atoms with E-state index < -0.39 is 0 Å². The second-order valence-electron chi connectivity index (χ2n) is 5.79. The third-order valence-electron chi connectivity index (χ3n) is 3.95. The molecule has 132 valence electrons. The number of methoxy groups -OCH3 is 1. The highest BCUT2D eigenvalue weighted by Crippen LogP contribution is 2.20. The minimum atomic E-state index is -0.389. The van der Waals surface area contributed by atoms with Gasteiger partial charge in [-0.15, -0.1) is 0 Å². The lowest BCUT2D eigenvalue weighted by atomic mass is 10.1. The van der Waals surface area contributed by atoms with Crippen LogP contribution in [0.25, 0.3) is 11.4 Å². The quantitative estimate of drug-likeness (QED) is 0.888. The van der Waals surface area contributed by atoms with Crippen molar-refractivity contribution in [2.75, 3.05) is 20.2 Å². The van der Waals surface area contributed by atoms with E-state index in [-0.39, 0.29) is 23.8 Å². The Morgan fingerprint density at radius 2 is 2.28 bits per heavy atom. The van der Waals surface area contributed by atoms with E-state index >= 15 is 0 Å². The van der Waals surface area contributed by atoms with Gasteiger partial charge in [0, 0.05) is 18.8 Å². The summed E-state index contributed by atoms with van der Waals surface area (Å²) in [5, 5.41) is 0. The highest BCUT2D eigenvalue weighted by molar-refractivity contribution is 5.67. The Balaban J connectivity index is 1.80. The lowest BCUT2D eigenvalue weighted by Crippen LogP contribution is -2.44. The molecule has 9 nitrogen and oxygen atoms in total. The van der Waals surface area contributed by atoms with E-state index in [9.17, 15) is 9.59 Å². The maximum atomic E-state index is 12.0. The van der Waals surface area contributed by atoms with E-state index in [1.165, 1.54) is 19.5 Å². The van der Waals surface area contributed by atoms with Crippen molar-refractivity contribution in [2.24, 2.45) is 0 Å². The summed E-state index contributed by atoms with van der Waals surface area (Å²) in [5.41, 5.74) is 1.46. The van der Waals surface area contributed by atoms with Crippen molar-refractivity contribution in [1.82, 2.24) is 24.8 Å². The Hall–Kier alpha value is -2.97. The number of piperidine rings is 1. The zero-order chi connectivity index (χ0) is 17.8. The van der Waals surface area contributed by atoms with E-state index in [1.54, 1.807) is 11.1 Å². The third kappa shape index (κ3) is 3.93. The number of hydrogen-bond donors (Lipinski definition) is 1. The number of nitrogens with zero attached hydrogens (tertiary/aromatic N) is 4. The second kappa shape index (κ2) is 7.29. The van der Waals surface area contributed by atoms with Crippen molar-refractivity contribution in [3.63, 3.8) is 0 Å². The van der Waals surface area contributed by atoms with Crippen LogP contribution in [0.4, 0.5) is 4.79 Å². The molecule has 1 aliphatic heterocycles. The molecular weight excluding hydrogens is 326 g/mol. The van der Waals surface area contributed by atoms with E-state index in [0.717, 1.165) is 18.4 Å². The maximum absolute atomic E-state index is 12.0. The summed E-state index contributed by atoms with van der Waals surface area (Å²) in [4.78, 5) is 40.2. The molecule has 1 aliphatic rings. The molecule has 3 heterocycles. The van der Waals surface area contributed by atoms with Crippen LogP contribution in [-0.2, 0) is 4.74 Å². The van der Waals surface area contributed by atoms with E-state index in [2.05, 4.69) is 19.9 Å². The number of amides is 1. The lowest BCUT2D eigenvalue weighted by molar-refractivity contribution is 0.0650. The summed E-state index contributed by atoms with van der Waals surface area (Å²) in [5.74, 6) is 0. The number of nitrogens with one attached hydrogen (secondary N) is 1. The van der Waals surface area contributed by atoms with Gasteiger partial charge in [0.2, 0.25) is 0 Å². The van der Waals surface area contributed by atoms with Gasteiger partial charge >= 0.3 is 6.09 Å². The van der Waals surface area contributed by atoms with Crippen LogP contribution in [0.2, 0.25) is 0 Å². The van der Waals surface area contributed by atoms with Gasteiger partial charge in [0.25, 0.3) is 11.6 Å². The first-order chi connectivity index (χ1) is 12.1. The first kappa shape index (κ1) is 16.9. The molecule has 1 fully saturated rings. The van der Waals surface area contributed by atoms with E-state index in [4.69, 9.17) is 9.47 Å². The Kier molecular flexibility index (Phi) is 4.92. The molecule has 1 N–H and O–H groups in total. The molecular formula is C16H19N5O4. The molecule has 1 saturated heterocycles. The van der Waals surface area contributed by atoms with Crippen molar-refractivity contribution in [3.8, 4) is 17.4 Å². The summed E-state index contributed by atoms with van der Waals surface area (Å²) in [6.07, 6.45) is 3.95. The third-order valence-corrected chi connectivity index (χ3v) is 3.95. The first-order valence-electron chi connectivity index (χ1n) is 7.94.